The summed E-state index contributed by atoms with van der Waals surface area (Å²) < 4.78 is 9.96. The summed E-state index contributed by atoms with van der Waals surface area (Å²) in [7, 11) is 1.95. The van der Waals surface area contributed by atoms with E-state index in [1.54, 1.807) is 5.01 Å². The molecule has 0 bridgehead atoms. The second-order valence-electron chi connectivity index (χ2n) is 7.44. The summed E-state index contributed by atoms with van der Waals surface area (Å²) in [5, 5.41) is 3.75. The van der Waals surface area contributed by atoms with Crippen molar-refractivity contribution in [2.75, 3.05) is 7.05 Å². The molecule has 1 aromatic carbocycles. The van der Waals surface area contributed by atoms with Crippen LogP contribution >= 0.6 is 0 Å². The van der Waals surface area contributed by atoms with E-state index in [1.165, 1.54) is 0 Å². The van der Waals surface area contributed by atoms with Gasteiger partial charge in [0.25, 0.3) is 6.47 Å². The van der Waals surface area contributed by atoms with E-state index in [4.69, 9.17) is 4.74 Å². The van der Waals surface area contributed by atoms with Gasteiger partial charge in [0.05, 0.1) is 6.04 Å². The second kappa shape index (κ2) is 10.2. The molecule has 146 valence electrons. The molecule has 6 nitrogen and oxygen atoms in total. The number of nitrogens with zero attached hydrogens (tertiary/aromatic N) is 2. The molecule has 2 rings (SSSR count). The van der Waals surface area contributed by atoms with Crippen molar-refractivity contribution in [1.82, 2.24) is 10.0 Å². The van der Waals surface area contributed by atoms with Crippen molar-refractivity contribution in [3.8, 4) is 0 Å². The van der Waals surface area contributed by atoms with Gasteiger partial charge in [0.15, 0.2) is 0 Å². The molecule has 1 aromatic rings. The van der Waals surface area contributed by atoms with E-state index in [9.17, 15) is 9.59 Å². The van der Waals surface area contributed by atoms with E-state index in [0.29, 0.717) is 19.1 Å². The molecular formula is C20H32N2O4. The standard InChI is InChI=1S/C12H24N2O2.C8H8O2/c1-7-10-8-9(2)13(6)14(10)11(15)16-12(3,4)5;9-7-10-6-8-4-2-1-3-5-8/h9-10H,7-8H2,1-6H3;1-5,7H,6H2. The van der Waals surface area contributed by atoms with Crippen LogP contribution in [0, 0.1) is 0 Å². The van der Waals surface area contributed by atoms with E-state index in [2.05, 4.69) is 18.6 Å². The average molecular weight is 364 g/mol. The zero-order chi connectivity index (χ0) is 19.7. The maximum Gasteiger partial charge on any atom is 0.425 e. The van der Waals surface area contributed by atoms with Gasteiger partial charge in [-0.05, 0) is 46.1 Å². The largest absolute Gasteiger partial charge is 0.463 e. The normalized spacial score (nSPS) is 20.2. The summed E-state index contributed by atoms with van der Waals surface area (Å²) in [6, 6.07) is 10.2. The van der Waals surface area contributed by atoms with Crippen LogP contribution in [0.25, 0.3) is 0 Å². The van der Waals surface area contributed by atoms with E-state index in [-0.39, 0.29) is 12.1 Å². The first kappa shape index (κ1) is 22.0. The second-order valence-corrected chi connectivity index (χ2v) is 7.44. The first-order valence-corrected chi connectivity index (χ1v) is 9.03. The number of amides is 1. The molecule has 2 unspecified atom stereocenters. The lowest BCUT2D eigenvalue weighted by Crippen LogP contribution is -2.47. The van der Waals surface area contributed by atoms with Crippen LogP contribution in [-0.2, 0) is 20.9 Å². The number of carbonyl (C=O) groups excluding carboxylic acids is 2. The Kier molecular flexibility index (Phi) is 8.58. The first-order chi connectivity index (χ1) is 12.2. The molecule has 0 radical (unpaired) electrons. The molecule has 1 aliphatic heterocycles. The van der Waals surface area contributed by atoms with Gasteiger partial charge in [0.1, 0.15) is 12.2 Å². The fraction of sp³-hybridized carbons (Fsp3) is 0.600. The molecule has 2 atom stereocenters. The summed E-state index contributed by atoms with van der Waals surface area (Å²) in [5.41, 5.74) is 0.580. The lowest BCUT2D eigenvalue weighted by atomic mass is 10.1. The third kappa shape index (κ3) is 7.04. The average Bonchev–Trinajstić information content (AvgIpc) is 2.87. The van der Waals surface area contributed by atoms with Gasteiger partial charge in [-0.2, -0.15) is 0 Å². The van der Waals surface area contributed by atoms with Gasteiger partial charge in [0.2, 0.25) is 0 Å². The summed E-state index contributed by atoms with van der Waals surface area (Å²) >= 11 is 0. The van der Waals surface area contributed by atoms with Gasteiger partial charge in [0, 0.05) is 13.1 Å². The fourth-order valence-corrected chi connectivity index (χ4v) is 2.75. The minimum atomic E-state index is -0.429. The number of hydrazine groups is 1. The van der Waals surface area contributed by atoms with E-state index < -0.39 is 5.60 Å². The Morgan fingerprint density at radius 1 is 1.27 bits per heavy atom. The zero-order valence-corrected chi connectivity index (χ0v) is 16.8. The minimum absolute atomic E-state index is 0.230. The fourth-order valence-electron chi connectivity index (χ4n) is 2.75. The maximum absolute atomic E-state index is 12.0. The van der Waals surface area contributed by atoms with Crippen molar-refractivity contribution in [1.29, 1.82) is 0 Å². The predicted octanol–water partition coefficient (Wildman–Crippen LogP) is 4.00. The van der Waals surface area contributed by atoms with Crippen molar-refractivity contribution in [3.05, 3.63) is 35.9 Å². The summed E-state index contributed by atoms with van der Waals surface area (Å²) in [4.78, 5) is 21.8. The first-order valence-electron chi connectivity index (χ1n) is 9.03. The highest BCUT2D eigenvalue weighted by Gasteiger charge is 2.39. The Hall–Kier alpha value is -2.08. The lowest BCUT2D eigenvalue weighted by molar-refractivity contribution is -0.129. The molecule has 1 saturated heterocycles. The minimum Gasteiger partial charge on any atom is -0.463 e. The van der Waals surface area contributed by atoms with Gasteiger partial charge < -0.3 is 9.47 Å². The van der Waals surface area contributed by atoms with E-state index in [0.717, 1.165) is 18.4 Å². The van der Waals surface area contributed by atoms with Crippen LogP contribution in [0.15, 0.2) is 30.3 Å². The van der Waals surface area contributed by atoms with Crippen molar-refractivity contribution in [2.45, 2.75) is 71.8 Å². The maximum atomic E-state index is 12.0. The molecule has 1 fully saturated rings. The molecule has 1 heterocycles. The van der Waals surface area contributed by atoms with Crippen LogP contribution in [0.4, 0.5) is 4.79 Å². The van der Waals surface area contributed by atoms with Crippen molar-refractivity contribution >= 4 is 12.6 Å². The molecule has 1 aliphatic rings. The van der Waals surface area contributed by atoms with Crippen LogP contribution < -0.4 is 0 Å². The molecule has 26 heavy (non-hydrogen) atoms. The molecule has 0 saturated carbocycles. The summed E-state index contributed by atoms with van der Waals surface area (Å²) in [5.74, 6) is 0. The number of hydrogen-bond acceptors (Lipinski definition) is 5. The van der Waals surface area contributed by atoms with Crippen molar-refractivity contribution in [2.24, 2.45) is 0 Å². The van der Waals surface area contributed by atoms with Crippen LogP contribution in [0.2, 0.25) is 0 Å². The van der Waals surface area contributed by atoms with Crippen LogP contribution in [-0.4, -0.2) is 47.3 Å². The highest BCUT2D eigenvalue weighted by atomic mass is 16.6. The Morgan fingerprint density at radius 3 is 2.38 bits per heavy atom. The Bertz CT molecular complexity index is 557. The highest BCUT2D eigenvalue weighted by Crippen LogP contribution is 2.27. The van der Waals surface area contributed by atoms with Gasteiger partial charge >= 0.3 is 6.09 Å². The Balaban J connectivity index is 0.000000289. The van der Waals surface area contributed by atoms with E-state index in [1.807, 2.05) is 63.2 Å². The summed E-state index contributed by atoms with van der Waals surface area (Å²) in [6.45, 7) is 10.7. The predicted molar refractivity (Wildman–Crippen MR) is 101 cm³/mol. The Morgan fingerprint density at radius 2 is 1.88 bits per heavy atom. The number of carbonyl (C=O) groups is 2. The SMILES string of the molecule is CCC1CC(C)N(C)N1C(=O)OC(C)(C)C.O=COCc1ccccc1. The zero-order valence-electron chi connectivity index (χ0n) is 16.8. The van der Waals surface area contributed by atoms with Gasteiger partial charge in [-0.1, -0.05) is 37.3 Å². The monoisotopic (exact) mass is 364 g/mol. The van der Waals surface area contributed by atoms with Crippen LogP contribution in [0.1, 0.15) is 53.0 Å². The quantitative estimate of drug-likeness (QED) is 0.756. The molecule has 0 aliphatic carbocycles. The van der Waals surface area contributed by atoms with Crippen LogP contribution in [0.3, 0.4) is 0 Å². The molecule has 1 amide bonds. The highest BCUT2D eigenvalue weighted by molar-refractivity contribution is 5.68. The Labute approximate surface area is 157 Å². The molecule has 0 aromatic heterocycles. The van der Waals surface area contributed by atoms with Crippen LogP contribution in [0.5, 0.6) is 0 Å². The topological polar surface area (TPSA) is 59.1 Å². The molecule has 0 spiro atoms. The third-order valence-electron chi connectivity index (χ3n) is 4.15. The number of benzene rings is 1. The molecule has 6 heteroatoms. The number of hydrogen-bond donors (Lipinski definition) is 0. The van der Waals surface area contributed by atoms with Gasteiger partial charge in [-0.25, -0.2) is 14.8 Å². The van der Waals surface area contributed by atoms with Gasteiger partial charge in [-0.3, -0.25) is 4.79 Å². The number of ether oxygens (including phenoxy) is 2. The number of rotatable bonds is 4. The van der Waals surface area contributed by atoms with Gasteiger partial charge in [-0.15, -0.1) is 0 Å². The lowest BCUT2D eigenvalue weighted by Gasteiger charge is -2.32. The summed E-state index contributed by atoms with van der Waals surface area (Å²) in [6.07, 6.45) is 1.76. The molecule has 0 N–H and O–H groups in total. The van der Waals surface area contributed by atoms with Crippen molar-refractivity contribution in [3.63, 3.8) is 0 Å². The van der Waals surface area contributed by atoms with Crippen molar-refractivity contribution < 1.29 is 19.1 Å². The van der Waals surface area contributed by atoms with E-state index >= 15 is 0 Å². The third-order valence-corrected chi connectivity index (χ3v) is 4.15. The smallest absolute Gasteiger partial charge is 0.425 e. The molecular weight excluding hydrogens is 332 g/mol.